The number of nitrogens with two attached hydrogens (primary N) is 1. The lowest BCUT2D eigenvalue weighted by Crippen LogP contribution is -2.29. The molecule has 4 N–H and O–H groups in total. The molecule has 1 fully saturated rings. The summed E-state index contributed by atoms with van der Waals surface area (Å²) in [6, 6.07) is 6.13. The van der Waals surface area contributed by atoms with Gasteiger partial charge in [-0.3, -0.25) is 4.79 Å². The molecule has 0 aromatic heterocycles. The predicted molar refractivity (Wildman–Crippen MR) is 90.1 cm³/mol. The van der Waals surface area contributed by atoms with Crippen LogP contribution in [0.2, 0.25) is 0 Å². The van der Waals surface area contributed by atoms with E-state index in [1.165, 1.54) is 12.1 Å². The Balaban J connectivity index is 0.00000264. The lowest BCUT2D eigenvalue weighted by Gasteiger charge is -2.09. The highest BCUT2D eigenvalue weighted by Gasteiger charge is 2.43. The normalized spacial score (nSPS) is 19.7. The quantitative estimate of drug-likeness (QED) is 0.630. The van der Waals surface area contributed by atoms with Crippen LogP contribution in [0.25, 0.3) is 0 Å². The lowest BCUT2D eigenvalue weighted by atomic mass is 10.3. The average Bonchev–Trinajstić information content (AvgIpc) is 3.25. The summed E-state index contributed by atoms with van der Waals surface area (Å²) < 4.78 is 31.8. The van der Waals surface area contributed by atoms with Crippen LogP contribution in [0.15, 0.2) is 29.2 Å². The van der Waals surface area contributed by atoms with Gasteiger partial charge < -0.3 is 15.8 Å². The molecule has 2 atom stereocenters. The second kappa shape index (κ2) is 8.60. The minimum atomic E-state index is -3.61. The molecule has 2 unspecified atom stereocenters. The largest absolute Gasteiger partial charge is 0.378 e. The van der Waals surface area contributed by atoms with E-state index < -0.39 is 10.0 Å². The van der Waals surface area contributed by atoms with Crippen LogP contribution in [0.3, 0.4) is 0 Å². The van der Waals surface area contributed by atoms with Crippen LogP contribution >= 0.6 is 12.4 Å². The molecule has 23 heavy (non-hydrogen) atoms. The molecule has 0 spiro atoms. The number of ether oxygens (including phenoxy) is 1. The van der Waals surface area contributed by atoms with Gasteiger partial charge in [0, 0.05) is 25.4 Å². The van der Waals surface area contributed by atoms with Crippen molar-refractivity contribution in [1.82, 2.24) is 4.72 Å². The van der Waals surface area contributed by atoms with Crippen LogP contribution in [0, 0.1) is 5.92 Å². The third-order valence-corrected chi connectivity index (χ3v) is 4.76. The first-order chi connectivity index (χ1) is 10.5. The third-order valence-electron chi connectivity index (χ3n) is 3.30. The van der Waals surface area contributed by atoms with Gasteiger partial charge in [-0.2, -0.15) is 0 Å². The molecular weight excluding hydrogens is 342 g/mol. The molecule has 0 heterocycles. The van der Waals surface area contributed by atoms with Gasteiger partial charge in [0.25, 0.3) is 0 Å². The van der Waals surface area contributed by atoms with Crippen molar-refractivity contribution in [3.63, 3.8) is 0 Å². The van der Waals surface area contributed by atoms with Gasteiger partial charge in [-0.15, -0.1) is 12.4 Å². The molecule has 1 saturated carbocycles. The number of sulfonamides is 1. The summed E-state index contributed by atoms with van der Waals surface area (Å²) in [6.07, 6.45) is 0.679. The monoisotopic (exact) mass is 363 g/mol. The van der Waals surface area contributed by atoms with Crippen molar-refractivity contribution in [2.24, 2.45) is 11.7 Å². The van der Waals surface area contributed by atoms with Crippen LogP contribution in [0.4, 0.5) is 5.69 Å². The molecule has 0 bridgehead atoms. The van der Waals surface area contributed by atoms with Gasteiger partial charge in [-0.25, -0.2) is 13.1 Å². The highest BCUT2D eigenvalue weighted by molar-refractivity contribution is 7.89. The summed E-state index contributed by atoms with van der Waals surface area (Å²) in [6.45, 7) is 2.85. The molecule has 2 rings (SSSR count). The molecule has 0 radical (unpaired) electrons. The Kier molecular flexibility index (Phi) is 7.43. The van der Waals surface area contributed by atoms with Crippen molar-refractivity contribution in [1.29, 1.82) is 0 Å². The number of carbonyl (C=O) groups excluding carboxylic acids is 1. The maximum atomic E-state index is 12.0. The Morgan fingerprint density at radius 3 is 2.83 bits per heavy atom. The van der Waals surface area contributed by atoms with Crippen LogP contribution in [0.1, 0.15) is 13.3 Å². The van der Waals surface area contributed by atoms with E-state index in [-0.39, 0.29) is 48.3 Å². The molecule has 9 heteroatoms. The van der Waals surface area contributed by atoms with Crippen LogP contribution in [-0.4, -0.2) is 40.1 Å². The number of benzene rings is 1. The first-order valence-corrected chi connectivity index (χ1v) is 8.68. The van der Waals surface area contributed by atoms with Gasteiger partial charge >= 0.3 is 0 Å². The molecule has 1 aromatic rings. The topological polar surface area (TPSA) is 111 Å². The Hall–Kier alpha value is -1.19. The van der Waals surface area contributed by atoms with Crippen LogP contribution in [0.5, 0.6) is 0 Å². The van der Waals surface area contributed by atoms with Gasteiger partial charge in [0.15, 0.2) is 0 Å². The number of anilines is 1. The summed E-state index contributed by atoms with van der Waals surface area (Å²) in [4.78, 5) is 12.1. The van der Waals surface area contributed by atoms with Crippen molar-refractivity contribution in [3.05, 3.63) is 24.3 Å². The predicted octanol–water partition coefficient (Wildman–Crippen LogP) is 0.709. The van der Waals surface area contributed by atoms with Gasteiger partial charge in [0.1, 0.15) is 0 Å². The number of amides is 1. The first kappa shape index (κ1) is 19.9. The second-order valence-corrected chi connectivity index (χ2v) is 6.81. The molecule has 1 aliphatic rings. The van der Waals surface area contributed by atoms with Crippen molar-refractivity contribution < 1.29 is 17.9 Å². The van der Waals surface area contributed by atoms with E-state index in [1.54, 1.807) is 12.1 Å². The van der Waals surface area contributed by atoms with E-state index >= 15 is 0 Å². The fraction of sp³-hybridized carbons (Fsp3) is 0.500. The minimum absolute atomic E-state index is 0. The van der Waals surface area contributed by atoms with Crippen molar-refractivity contribution in [2.45, 2.75) is 24.3 Å². The molecule has 130 valence electrons. The highest BCUT2D eigenvalue weighted by atomic mass is 35.5. The fourth-order valence-corrected chi connectivity index (χ4v) is 3.19. The third kappa shape index (κ3) is 5.43. The maximum Gasteiger partial charge on any atom is 0.240 e. The van der Waals surface area contributed by atoms with Crippen LogP contribution < -0.4 is 15.8 Å². The Morgan fingerprint density at radius 1 is 1.43 bits per heavy atom. The summed E-state index contributed by atoms with van der Waals surface area (Å²) in [7, 11) is -3.61. The molecule has 1 aromatic carbocycles. The van der Waals surface area contributed by atoms with Gasteiger partial charge in [-0.05, 0) is 31.5 Å². The molecular formula is C14H22ClN3O4S. The van der Waals surface area contributed by atoms with Gasteiger partial charge in [0.05, 0.1) is 16.9 Å². The van der Waals surface area contributed by atoms with Gasteiger partial charge in [-0.1, -0.05) is 6.07 Å². The average molecular weight is 364 g/mol. The Bertz CT molecular complexity index is 639. The number of hydrogen-bond donors (Lipinski definition) is 3. The zero-order valence-electron chi connectivity index (χ0n) is 12.8. The molecule has 1 aliphatic carbocycles. The summed E-state index contributed by atoms with van der Waals surface area (Å²) >= 11 is 0. The van der Waals surface area contributed by atoms with E-state index in [1.807, 2.05) is 6.92 Å². The zero-order valence-corrected chi connectivity index (χ0v) is 14.5. The van der Waals surface area contributed by atoms with E-state index in [2.05, 4.69) is 10.0 Å². The summed E-state index contributed by atoms with van der Waals surface area (Å²) in [5.74, 6) is -0.307. The Morgan fingerprint density at radius 2 is 2.17 bits per heavy atom. The first-order valence-electron chi connectivity index (χ1n) is 7.20. The number of carbonyl (C=O) groups is 1. The number of nitrogens with one attached hydrogen (secondary N) is 2. The van der Waals surface area contributed by atoms with Crippen molar-refractivity contribution in [2.75, 3.05) is 25.0 Å². The molecule has 0 saturated heterocycles. The van der Waals surface area contributed by atoms with Crippen molar-refractivity contribution >= 4 is 34.0 Å². The summed E-state index contributed by atoms with van der Waals surface area (Å²) in [5, 5.41) is 2.72. The molecule has 7 nitrogen and oxygen atoms in total. The Labute approximate surface area is 142 Å². The van der Waals surface area contributed by atoms with Gasteiger partial charge in [0.2, 0.25) is 15.9 Å². The summed E-state index contributed by atoms with van der Waals surface area (Å²) in [5.41, 5.74) is 5.74. The van der Waals surface area contributed by atoms with Crippen molar-refractivity contribution in [3.8, 4) is 0 Å². The fourth-order valence-electron chi connectivity index (χ4n) is 2.10. The lowest BCUT2D eigenvalue weighted by molar-refractivity contribution is -0.118. The van der Waals surface area contributed by atoms with E-state index in [4.69, 9.17) is 10.5 Å². The number of rotatable bonds is 8. The smallest absolute Gasteiger partial charge is 0.240 e. The zero-order chi connectivity index (χ0) is 16.2. The second-order valence-electron chi connectivity index (χ2n) is 5.04. The van der Waals surface area contributed by atoms with E-state index in [9.17, 15) is 13.2 Å². The number of halogens is 1. The maximum absolute atomic E-state index is 12.0. The minimum Gasteiger partial charge on any atom is -0.378 e. The molecule has 0 aliphatic heterocycles. The van der Waals surface area contributed by atoms with E-state index in [0.29, 0.717) is 18.7 Å². The van der Waals surface area contributed by atoms with E-state index in [0.717, 1.165) is 0 Å². The SMILES string of the molecule is CCOC1CC1C(=O)Nc1cccc(S(=O)(=O)NCCN)c1.Cl. The number of hydrogen-bond acceptors (Lipinski definition) is 5. The highest BCUT2D eigenvalue weighted by Crippen LogP contribution is 2.34. The standard InChI is InChI=1S/C14H21N3O4S.ClH/c1-2-21-13-9-12(13)14(18)17-10-4-3-5-11(8-10)22(19,20)16-7-6-15;/h3-5,8,12-13,16H,2,6-7,9,15H2,1H3,(H,17,18);1H. The van der Waals surface area contributed by atoms with Crippen LogP contribution in [-0.2, 0) is 19.6 Å². The molecule has 1 amide bonds.